The number of benzene rings is 1. The summed E-state index contributed by atoms with van der Waals surface area (Å²) in [5, 5.41) is 8.67. The summed E-state index contributed by atoms with van der Waals surface area (Å²) < 4.78 is 6.15. The van der Waals surface area contributed by atoms with E-state index in [1.807, 2.05) is 0 Å². The number of aromatic nitrogens is 3. The van der Waals surface area contributed by atoms with Crippen molar-refractivity contribution in [2.24, 2.45) is 0 Å². The van der Waals surface area contributed by atoms with E-state index in [-0.39, 0.29) is 17.0 Å². The van der Waals surface area contributed by atoms with Crippen molar-refractivity contribution in [2.75, 3.05) is 0 Å². The van der Waals surface area contributed by atoms with Gasteiger partial charge in [-0.2, -0.15) is 5.10 Å². The second-order valence-corrected chi connectivity index (χ2v) is 6.37. The van der Waals surface area contributed by atoms with E-state index in [4.69, 9.17) is 4.52 Å². The number of hydrogen-bond donors (Lipinski definition) is 2. The quantitative estimate of drug-likeness (QED) is 0.496. The molecule has 2 amide bonds. The van der Waals surface area contributed by atoms with Crippen molar-refractivity contribution in [1.29, 1.82) is 0 Å². The maximum absolute atomic E-state index is 12.6. The maximum Gasteiger partial charge on any atom is 0.308 e. The molecule has 1 aromatic carbocycles. The Hall–Kier alpha value is -3.49. The number of unbranched alkanes of at least 4 members (excludes halogenated alkanes) is 2. The molecule has 9 nitrogen and oxygen atoms in total. The molecule has 0 radical (unpaired) electrons. The van der Waals surface area contributed by atoms with Crippen molar-refractivity contribution in [2.45, 2.75) is 39.7 Å². The lowest BCUT2D eigenvalue weighted by molar-refractivity contribution is 0.0822. The molecule has 3 aromatic rings. The highest BCUT2D eigenvalue weighted by atomic mass is 16.5. The van der Waals surface area contributed by atoms with Crippen LogP contribution in [-0.4, -0.2) is 26.8 Å². The fourth-order valence-corrected chi connectivity index (χ4v) is 2.77. The van der Waals surface area contributed by atoms with Crippen LogP contribution in [0, 0.1) is 6.92 Å². The van der Waals surface area contributed by atoms with E-state index in [0.717, 1.165) is 19.3 Å². The summed E-state index contributed by atoms with van der Waals surface area (Å²) in [6.07, 6.45) is 2.74. The summed E-state index contributed by atoms with van der Waals surface area (Å²) in [7, 11) is 0. The third-order valence-corrected chi connectivity index (χ3v) is 4.20. The fourth-order valence-electron chi connectivity index (χ4n) is 2.77. The highest BCUT2D eigenvalue weighted by Crippen LogP contribution is 2.13. The van der Waals surface area contributed by atoms with Crippen LogP contribution in [-0.2, 0) is 6.54 Å². The number of carbonyl (C=O) groups excluding carboxylic acids is 2. The lowest BCUT2D eigenvalue weighted by Gasteiger charge is -2.11. The third kappa shape index (κ3) is 4.08. The Labute approximate surface area is 160 Å². The minimum atomic E-state index is -0.644. The van der Waals surface area contributed by atoms with E-state index in [9.17, 15) is 14.4 Å². The van der Waals surface area contributed by atoms with Crippen LogP contribution in [0.5, 0.6) is 0 Å². The number of nitrogens with one attached hydrogen (secondary N) is 2. The number of amides is 2. The molecule has 0 saturated heterocycles. The maximum atomic E-state index is 12.6. The molecule has 0 unspecified atom stereocenters. The van der Waals surface area contributed by atoms with Gasteiger partial charge in [-0.3, -0.25) is 25.2 Å². The smallest absolute Gasteiger partial charge is 0.308 e. The highest BCUT2D eigenvalue weighted by Gasteiger charge is 2.18. The van der Waals surface area contributed by atoms with Crippen LogP contribution in [0.25, 0.3) is 10.8 Å². The minimum Gasteiger partial charge on any atom is -0.351 e. The Balaban J connectivity index is 1.85. The van der Waals surface area contributed by atoms with Crippen LogP contribution in [0.3, 0.4) is 0 Å². The predicted molar refractivity (Wildman–Crippen MR) is 102 cm³/mol. The monoisotopic (exact) mass is 383 g/mol. The molecule has 0 saturated carbocycles. The number of nitrogens with zero attached hydrogens (tertiary/aromatic N) is 3. The van der Waals surface area contributed by atoms with Gasteiger partial charge < -0.3 is 4.52 Å². The van der Waals surface area contributed by atoms with Gasteiger partial charge in [0.2, 0.25) is 5.76 Å². The Morgan fingerprint density at radius 3 is 2.50 bits per heavy atom. The Bertz CT molecular complexity index is 1070. The zero-order valence-corrected chi connectivity index (χ0v) is 15.7. The first-order valence-corrected chi connectivity index (χ1v) is 9.05. The SMILES string of the molecule is CCCCCn1nc(C(=O)NNC(=O)c2cc(C)no2)c2ccccc2c1=O. The molecule has 28 heavy (non-hydrogen) atoms. The van der Waals surface area contributed by atoms with Crippen LogP contribution < -0.4 is 16.4 Å². The Kier molecular flexibility index (Phi) is 5.83. The number of aryl methyl sites for hydroxylation is 2. The van der Waals surface area contributed by atoms with E-state index in [0.29, 0.717) is 23.0 Å². The first kappa shape index (κ1) is 19.3. The van der Waals surface area contributed by atoms with Crippen LogP contribution in [0.1, 0.15) is 52.9 Å². The molecule has 2 heterocycles. The summed E-state index contributed by atoms with van der Waals surface area (Å²) in [5.74, 6) is -1.31. The number of hydrogen-bond acceptors (Lipinski definition) is 6. The van der Waals surface area contributed by atoms with Gasteiger partial charge in [0.15, 0.2) is 5.69 Å². The lowest BCUT2D eigenvalue weighted by atomic mass is 10.1. The molecule has 0 aliphatic rings. The predicted octanol–water partition coefficient (Wildman–Crippen LogP) is 1.96. The van der Waals surface area contributed by atoms with Crippen LogP contribution in [0.4, 0.5) is 0 Å². The average molecular weight is 383 g/mol. The highest BCUT2D eigenvalue weighted by molar-refractivity contribution is 6.05. The van der Waals surface area contributed by atoms with Crippen molar-refractivity contribution < 1.29 is 14.1 Å². The molecule has 0 aliphatic heterocycles. The second-order valence-electron chi connectivity index (χ2n) is 6.37. The molecule has 9 heteroatoms. The van der Waals surface area contributed by atoms with Crippen molar-refractivity contribution in [3.05, 3.63) is 57.8 Å². The molecule has 3 rings (SSSR count). The molecule has 0 aliphatic carbocycles. The summed E-state index contributed by atoms with van der Waals surface area (Å²) in [6.45, 7) is 4.16. The van der Waals surface area contributed by atoms with Gasteiger partial charge in [-0.1, -0.05) is 43.1 Å². The van der Waals surface area contributed by atoms with Crippen LogP contribution in [0.15, 0.2) is 39.6 Å². The first-order valence-electron chi connectivity index (χ1n) is 9.05. The van der Waals surface area contributed by atoms with Crippen molar-refractivity contribution >= 4 is 22.6 Å². The van der Waals surface area contributed by atoms with Gasteiger partial charge in [-0.15, -0.1) is 0 Å². The molecule has 0 bridgehead atoms. The Morgan fingerprint density at radius 2 is 1.82 bits per heavy atom. The molecular weight excluding hydrogens is 362 g/mol. The van der Waals surface area contributed by atoms with Gasteiger partial charge in [-0.05, 0) is 19.4 Å². The van der Waals surface area contributed by atoms with Crippen LogP contribution >= 0.6 is 0 Å². The second kappa shape index (κ2) is 8.47. The Morgan fingerprint density at radius 1 is 1.11 bits per heavy atom. The van der Waals surface area contributed by atoms with Crippen molar-refractivity contribution in [3.63, 3.8) is 0 Å². The summed E-state index contributed by atoms with van der Waals surface area (Å²) in [4.78, 5) is 37.3. The molecule has 146 valence electrons. The summed E-state index contributed by atoms with van der Waals surface area (Å²) >= 11 is 0. The largest absolute Gasteiger partial charge is 0.351 e. The van der Waals surface area contributed by atoms with Gasteiger partial charge >= 0.3 is 5.91 Å². The van der Waals surface area contributed by atoms with Crippen molar-refractivity contribution in [3.8, 4) is 0 Å². The number of carbonyl (C=O) groups is 2. The topological polar surface area (TPSA) is 119 Å². The number of rotatable bonds is 6. The van der Waals surface area contributed by atoms with E-state index in [1.165, 1.54) is 10.7 Å². The van der Waals surface area contributed by atoms with Gasteiger partial charge in [0, 0.05) is 18.0 Å². The molecule has 2 aromatic heterocycles. The van der Waals surface area contributed by atoms with Gasteiger partial charge in [-0.25, -0.2) is 4.68 Å². The minimum absolute atomic E-state index is 0.0276. The molecule has 2 N–H and O–H groups in total. The standard InChI is InChI=1S/C19H21N5O4/c1-3-4-7-10-24-19(27)14-9-6-5-8-13(14)16(22-24)18(26)21-20-17(25)15-11-12(2)23-28-15/h5-6,8-9,11H,3-4,7,10H2,1-2H3,(H,20,25)(H,21,26). The molecule has 0 spiro atoms. The van der Waals surface area contributed by atoms with Gasteiger partial charge in [0.1, 0.15) is 0 Å². The normalized spacial score (nSPS) is 10.8. The summed E-state index contributed by atoms with van der Waals surface area (Å²) in [5.41, 5.74) is 4.93. The zero-order valence-electron chi connectivity index (χ0n) is 15.7. The fraction of sp³-hybridized carbons (Fsp3) is 0.316. The lowest BCUT2D eigenvalue weighted by Crippen LogP contribution is -2.42. The zero-order chi connectivity index (χ0) is 20.1. The van der Waals surface area contributed by atoms with Crippen molar-refractivity contribution in [1.82, 2.24) is 25.8 Å². The molecule has 0 atom stereocenters. The van der Waals surface area contributed by atoms with E-state index in [2.05, 4.69) is 28.0 Å². The number of fused-ring (bicyclic) bond motifs is 1. The molecule has 0 fully saturated rings. The van der Waals surface area contributed by atoms with E-state index < -0.39 is 11.8 Å². The van der Waals surface area contributed by atoms with E-state index in [1.54, 1.807) is 31.2 Å². The van der Waals surface area contributed by atoms with Crippen LogP contribution in [0.2, 0.25) is 0 Å². The summed E-state index contributed by atoms with van der Waals surface area (Å²) in [6, 6.07) is 8.20. The van der Waals surface area contributed by atoms with E-state index >= 15 is 0 Å². The number of hydrazine groups is 1. The van der Waals surface area contributed by atoms with Gasteiger partial charge in [0.05, 0.1) is 11.1 Å². The third-order valence-electron chi connectivity index (χ3n) is 4.20. The molecular formula is C19H21N5O4. The van der Waals surface area contributed by atoms with Gasteiger partial charge in [0.25, 0.3) is 11.5 Å². The average Bonchev–Trinajstić information content (AvgIpc) is 3.14. The first-order chi connectivity index (χ1) is 13.5.